The van der Waals surface area contributed by atoms with Gasteiger partial charge in [-0.1, -0.05) is 12.1 Å². The van der Waals surface area contributed by atoms with Gasteiger partial charge in [-0.2, -0.15) is 0 Å². The number of carboxylic acid groups (broad SMARTS) is 1. The molecule has 0 amide bonds. The number of carbonyl (C=O) groups is 1. The van der Waals surface area contributed by atoms with Crippen molar-refractivity contribution in [1.82, 2.24) is 9.88 Å². The minimum atomic E-state index is -0.767. The van der Waals surface area contributed by atoms with Crippen LogP contribution >= 0.6 is 0 Å². The molecule has 1 unspecified atom stereocenters. The molecule has 1 aromatic heterocycles. The highest BCUT2D eigenvalue weighted by Crippen LogP contribution is 2.35. The first-order valence-corrected chi connectivity index (χ1v) is 9.10. The number of pyridine rings is 1. The van der Waals surface area contributed by atoms with Gasteiger partial charge in [0.1, 0.15) is 11.3 Å². The number of likely N-dealkylation sites (N-methyl/N-ethyl adjacent to an activating group) is 1. The molecular weight excluding hydrogens is 330 g/mol. The molecule has 1 aromatic carbocycles. The highest BCUT2D eigenvalue weighted by molar-refractivity contribution is 5.96. The lowest BCUT2D eigenvalue weighted by Gasteiger charge is -2.28. The highest BCUT2D eigenvalue weighted by Gasteiger charge is 2.24. The zero-order valence-corrected chi connectivity index (χ0v) is 15.7. The first kappa shape index (κ1) is 18.5. The van der Waals surface area contributed by atoms with E-state index in [-0.39, 0.29) is 6.54 Å². The lowest BCUT2D eigenvalue weighted by molar-refractivity contribution is -0.138. The fourth-order valence-corrected chi connectivity index (χ4v) is 3.95. The molecule has 140 valence electrons. The molecule has 2 aromatic rings. The number of fused-ring (bicyclic) bond motifs is 1. The maximum absolute atomic E-state index is 11.0. The van der Waals surface area contributed by atoms with Gasteiger partial charge in [0, 0.05) is 30.7 Å². The number of aliphatic carboxylic acids is 1. The quantitative estimate of drug-likeness (QED) is 0.888. The smallest absolute Gasteiger partial charge is 0.317 e. The second kappa shape index (κ2) is 7.91. The molecule has 1 fully saturated rings. The topological polar surface area (TPSA) is 65.9 Å². The number of rotatable bonds is 5. The molecule has 2 heterocycles. The largest absolute Gasteiger partial charge is 0.494 e. The number of para-hydroxylation sites is 1. The molecule has 0 aliphatic carbocycles. The van der Waals surface area contributed by atoms with E-state index in [2.05, 4.69) is 22.9 Å². The number of hydrogen-bond donors (Lipinski definition) is 1. The standard InChI is InChI=1S/C20H27N3O3/c1-14-12-21-19-16(7-4-8-17(19)26-3)20(14)23-10-5-6-15(9-11-23)22(2)13-18(24)25/h4,7-8,12,15H,5-6,9-11,13H2,1-3H3,(H,24,25). The number of nitrogens with zero attached hydrogens (tertiary/aromatic N) is 3. The highest BCUT2D eigenvalue weighted by atomic mass is 16.5. The van der Waals surface area contributed by atoms with Gasteiger partial charge in [-0.3, -0.25) is 14.7 Å². The van der Waals surface area contributed by atoms with E-state index in [1.54, 1.807) is 7.11 Å². The van der Waals surface area contributed by atoms with E-state index in [1.165, 1.54) is 5.69 Å². The number of methoxy groups -OCH3 is 1. The van der Waals surface area contributed by atoms with Crippen molar-refractivity contribution in [3.8, 4) is 5.75 Å². The summed E-state index contributed by atoms with van der Waals surface area (Å²) in [5.74, 6) is 0.0225. The van der Waals surface area contributed by atoms with Crippen molar-refractivity contribution >= 4 is 22.6 Å². The Bertz CT molecular complexity index is 793. The lowest BCUT2D eigenvalue weighted by atomic mass is 10.1. The molecule has 0 spiro atoms. The fourth-order valence-electron chi connectivity index (χ4n) is 3.95. The normalized spacial score (nSPS) is 18.2. The molecule has 3 rings (SSSR count). The zero-order valence-electron chi connectivity index (χ0n) is 15.7. The number of aryl methyl sites for hydroxylation is 1. The number of anilines is 1. The van der Waals surface area contributed by atoms with Gasteiger partial charge in [0.2, 0.25) is 0 Å². The van der Waals surface area contributed by atoms with Gasteiger partial charge >= 0.3 is 5.97 Å². The molecule has 1 N–H and O–H groups in total. The zero-order chi connectivity index (χ0) is 18.7. The first-order valence-electron chi connectivity index (χ1n) is 9.10. The van der Waals surface area contributed by atoms with Crippen LogP contribution in [0.25, 0.3) is 10.9 Å². The van der Waals surface area contributed by atoms with Gasteiger partial charge < -0.3 is 14.7 Å². The molecule has 1 saturated heterocycles. The molecule has 1 atom stereocenters. The molecule has 1 aliphatic rings. The van der Waals surface area contributed by atoms with Gasteiger partial charge in [-0.05, 0) is 44.9 Å². The average molecular weight is 357 g/mol. The summed E-state index contributed by atoms with van der Waals surface area (Å²) >= 11 is 0. The fraction of sp³-hybridized carbons (Fsp3) is 0.500. The number of carboxylic acids is 1. The van der Waals surface area contributed by atoms with Crippen molar-refractivity contribution in [3.63, 3.8) is 0 Å². The maximum Gasteiger partial charge on any atom is 0.317 e. The van der Waals surface area contributed by atoms with Crippen LogP contribution in [-0.2, 0) is 4.79 Å². The van der Waals surface area contributed by atoms with Crippen LogP contribution in [0.4, 0.5) is 5.69 Å². The van der Waals surface area contributed by atoms with E-state index in [1.807, 2.05) is 30.3 Å². The second-order valence-corrected chi connectivity index (χ2v) is 7.03. The van der Waals surface area contributed by atoms with Gasteiger partial charge in [0.25, 0.3) is 0 Å². The van der Waals surface area contributed by atoms with Crippen molar-refractivity contribution in [2.45, 2.75) is 32.2 Å². The molecule has 0 bridgehead atoms. The van der Waals surface area contributed by atoms with E-state index in [0.717, 1.165) is 54.6 Å². The van der Waals surface area contributed by atoms with E-state index < -0.39 is 5.97 Å². The number of aromatic nitrogens is 1. The van der Waals surface area contributed by atoms with Crippen molar-refractivity contribution in [1.29, 1.82) is 0 Å². The Kier molecular flexibility index (Phi) is 5.61. The minimum Gasteiger partial charge on any atom is -0.494 e. The summed E-state index contributed by atoms with van der Waals surface area (Å²) in [7, 11) is 3.58. The molecule has 1 aliphatic heterocycles. The summed E-state index contributed by atoms with van der Waals surface area (Å²) in [5, 5.41) is 10.2. The Morgan fingerprint density at radius 2 is 2.19 bits per heavy atom. The summed E-state index contributed by atoms with van der Waals surface area (Å²) < 4.78 is 5.48. The van der Waals surface area contributed by atoms with Crippen molar-refractivity contribution in [3.05, 3.63) is 30.0 Å². The van der Waals surface area contributed by atoms with Crippen LogP contribution in [0.5, 0.6) is 5.75 Å². The molecule has 0 radical (unpaired) electrons. The summed E-state index contributed by atoms with van der Waals surface area (Å²) in [6.07, 6.45) is 4.93. The van der Waals surface area contributed by atoms with E-state index in [9.17, 15) is 4.79 Å². The van der Waals surface area contributed by atoms with Crippen molar-refractivity contribution in [2.24, 2.45) is 0 Å². The van der Waals surface area contributed by atoms with Crippen LogP contribution in [0.15, 0.2) is 24.4 Å². The maximum atomic E-state index is 11.0. The first-order chi connectivity index (χ1) is 12.5. The Labute approximate surface area is 154 Å². The van der Waals surface area contributed by atoms with Crippen molar-refractivity contribution < 1.29 is 14.6 Å². The summed E-state index contributed by atoms with van der Waals surface area (Å²) in [6, 6.07) is 6.35. The second-order valence-electron chi connectivity index (χ2n) is 7.03. The van der Waals surface area contributed by atoms with Crippen LogP contribution in [-0.4, -0.2) is 60.8 Å². The average Bonchev–Trinajstić information content (AvgIpc) is 2.86. The molecule has 26 heavy (non-hydrogen) atoms. The third-order valence-corrected chi connectivity index (χ3v) is 5.26. The summed E-state index contributed by atoms with van der Waals surface area (Å²) in [5.41, 5.74) is 3.26. The van der Waals surface area contributed by atoms with E-state index >= 15 is 0 Å². The number of ether oxygens (including phenoxy) is 1. The van der Waals surface area contributed by atoms with Crippen LogP contribution in [0, 0.1) is 6.92 Å². The van der Waals surface area contributed by atoms with Gasteiger partial charge in [-0.15, -0.1) is 0 Å². The predicted molar refractivity (Wildman–Crippen MR) is 103 cm³/mol. The molecular formula is C20H27N3O3. The Morgan fingerprint density at radius 1 is 1.38 bits per heavy atom. The number of hydrogen-bond acceptors (Lipinski definition) is 5. The van der Waals surface area contributed by atoms with Gasteiger partial charge in [0.05, 0.1) is 19.3 Å². The Morgan fingerprint density at radius 3 is 2.92 bits per heavy atom. The van der Waals surface area contributed by atoms with E-state index in [0.29, 0.717) is 6.04 Å². The molecule has 0 saturated carbocycles. The third-order valence-electron chi connectivity index (χ3n) is 5.26. The van der Waals surface area contributed by atoms with Crippen LogP contribution < -0.4 is 9.64 Å². The third kappa shape index (κ3) is 3.75. The van der Waals surface area contributed by atoms with Gasteiger partial charge in [-0.25, -0.2) is 0 Å². The summed E-state index contributed by atoms with van der Waals surface area (Å²) in [6.45, 7) is 4.07. The lowest BCUT2D eigenvalue weighted by Crippen LogP contribution is -2.36. The van der Waals surface area contributed by atoms with Gasteiger partial charge in [0.15, 0.2) is 0 Å². The minimum absolute atomic E-state index is 0.0963. The monoisotopic (exact) mass is 357 g/mol. The van der Waals surface area contributed by atoms with E-state index in [4.69, 9.17) is 9.84 Å². The van der Waals surface area contributed by atoms with Crippen LogP contribution in [0.3, 0.4) is 0 Å². The SMILES string of the molecule is COc1cccc2c(N3CCCC(N(C)CC(=O)O)CC3)c(C)cnc12. The Balaban J connectivity index is 1.88. The number of benzene rings is 1. The predicted octanol–water partition coefficient (Wildman–Crippen LogP) is 2.93. The summed E-state index contributed by atoms with van der Waals surface area (Å²) in [4.78, 5) is 20.0. The molecule has 6 heteroatoms. The van der Waals surface area contributed by atoms with Crippen molar-refractivity contribution in [2.75, 3.05) is 38.7 Å². The van der Waals surface area contributed by atoms with Crippen LogP contribution in [0.1, 0.15) is 24.8 Å². The van der Waals surface area contributed by atoms with Crippen LogP contribution in [0.2, 0.25) is 0 Å². The Hall–Kier alpha value is -2.34. The molecule has 6 nitrogen and oxygen atoms in total.